The van der Waals surface area contributed by atoms with Gasteiger partial charge in [0.25, 0.3) is 0 Å². The van der Waals surface area contributed by atoms with Gasteiger partial charge in [-0.2, -0.15) is 0 Å². The van der Waals surface area contributed by atoms with Crippen LogP contribution in [0.3, 0.4) is 0 Å². The molecule has 1 atom stereocenters. The summed E-state index contributed by atoms with van der Waals surface area (Å²) >= 11 is 0. The second-order valence-electron chi connectivity index (χ2n) is 5.36. The van der Waals surface area contributed by atoms with E-state index in [1.165, 1.54) is 4.90 Å². The molecule has 5 nitrogen and oxygen atoms in total. The first-order valence-corrected chi connectivity index (χ1v) is 7.08. The van der Waals surface area contributed by atoms with Gasteiger partial charge in [0.1, 0.15) is 13.1 Å². The van der Waals surface area contributed by atoms with Crippen molar-refractivity contribution in [1.82, 2.24) is 5.32 Å². The average Bonchev–Trinajstić information content (AvgIpc) is 3.17. The van der Waals surface area contributed by atoms with Crippen molar-refractivity contribution in [2.24, 2.45) is 5.92 Å². The van der Waals surface area contributed by atoms with Gasteiger partial charge in [0, 0.05) is 5.92 Å². The number of quaternary nitrogens is 1. The normalized spacial score (nSPS) is 22.1. The molecule has 0 radical (unpaired) electrons. The van der Waals surface area contributed by atoms with E-state index in [9.17, 15) is 4.79 Å². The predicted octanol–water partition coefficient (Wildman–Crippen LogP) is -0.238. The Kier molecular flexibility index (Phi) is 3.84. The molecule has 0 unspecified atom stereocenters. The van der Waals surface area contributed by atoms with E-state index in [4.69, 9.17) is 9.15 Å². The lowest BCUT2D eigenvalue weighted by Gasteiger charge is -2.30. The van der Waals surface area contributed by atoms with Gasteiger partial charge < -0.3 is 19.4 Å². The first kappa shape index (κ1) is 12.7. The molecule has 1 aliphatic heterocycles. The fraction of sp³-hybridized carbons (Fsp3) is 0.643. The third kappa shape index (κ3) is 3.16. The fourth-order valence-electron chi connectivity index (χ4n) is 2.61. The molecule has 0 aromatic carbocycles. The Morgan fingerprint density at radius 2 is 2.21 bits per heavy atom. The summed E-state index contributed by atoms with van der Waals surface area (Å²) in [4.78, 5) is 13.2. The summed E-state index contributed by atoms with van der Waals surface area (Å²) in [6.07, 6.45) is 3.79. The standard InChI is InChI=1S/C14H20N2O3/c17-14(11-3-4-11)15-10-12(13-2-1-7-19-13)16-5-8-18-9-6-16/h1-2,7,11-12H,3-6,8-10H2,(H,15,17)/p+1/t12-/m0/s1. The van der Waals surface area contributed by atoms with Gasteiger partial charge in [0.2, 0.25) is 5.91 Å². The first-order chi connectivity index (χ1) is 9.34. The van der Waals surface area contributed by atoms with Gasteiger partial charge in [0.05, 0.1) is 26.0 Å². The zero-order valence-corrected chi connectivity index (χ0v) is 11.1. The van der Waals surface area contributed by atoms with E-state index >= 15 is 0 Å². The van der Waals surface area contributed by atoms with Gasteiger partial charge >= 0.3 is 0 Å². The van der Waals surface area contributed by atoms with Crippen LogP contribution < -0.4 is 10.2 Å². The van der Waals surface area contributed by atoms with E-state index in [2.05, 4.69) is 5.32 Å². The van der Waals surface area contributed by atoms with Crippen molar-refractivity contribution in [1.29, 1.82) is 0 Å². The lowest BCUT2D eigenvalue weighted by Crippen LogP contribution is -3.15. The molecule has 1 amide bonds. The number of carbonyl (C=O) groups is 1. The maximum absolute atomic E-state index is 11.8. The lowest BCUT2D eigenvalue weighted by atomic mass is 10.1. The maximum Gasteiger partial charge on any atom is 0.223 e. The number of rotatable bonds is 5. The Labute approximate surface area is 112 Å². The van der Waals surface area contributed by atoms with Crippen LogP contribution in [0.15, 0.2) is 22.8 Å². The van der Waals surface area contributed by atoms with Gasteiger partial charge in [0.15, 0.2) is 11.8 Å². The topological polar surface area (TPSA) is 55.9 Å². The van der Waals surface area contributed by atoms with Crippen LogP contribution in [-0.4, -0.2) is 38.8 Å². The van der Waals surface area contributed by atoms with Gasteiger partial charge in [-0.25, -0.2) is 0 Å². The number of hydrogen-bond acceptors (Lipinski definition) is 3. The third-order valence-electron chi connectivity index (χ3n) is 3.94. The minimum Gasteiger partial charge on any atom is -0.463 e. The summed E-state index contributed by atoms with van der Waals surface area (Å²) in [6.45, 7) is 4.14. The minimum absolute atomic E-state index is 0.196. The summed E-state index contributed by atoms with van der Waals surface area (Å²) in [5, 5.41) is 3.07. The molecule has 2 N–H and O–H groups in total. The SMILES string of the molecule is O=C(NC[C@@H](c1ccco1)[NH+]1CCOCC1)C1CC1. The molecule has 2 fully saturated rings. The molecule has 1 aliphatic carbocycles. The highest BCUT2D eigenvalue weighted by Crippen LogP contribution is 2.28. The number of morpholine rings is 1. The molecule has 0 spiro atoms. The first-order valence-electron chi connectivity index (χ1n) is 7.08. The van der Waals surface area contributed by atoms with E-state index in [-0.39, 0.29) is 17.9 Å². The van der Waals surface area contributed by atoms with Crippen LogP contribution in [0.1, 0.15) is 24.6 Å². The molecule has 1 aromatic rings. The fourth-order valence-corrected chi connectivity index (χ4v) is 2.61. The maximum atomic E-state index is 11.8. The highest BCUT2D eigenvalue weighted by atomic mass is 16.5. The molecule has 2 aliphatic rings. The molecule has 5 heteroatoms. The van der Waals surface area contributed by atoms with Crippen LogP contribution in [0.4, 0.5) is 0 Å². The average molecular weight is 265 g/mol. The van der Waals surface area contributed by atoms with Crippen LogP contribution in [0.2, 0.25) is 0 Å². The Hall–Kier alpha value is -1.33. The molecule has 3 rings (SSSR count). The van der Waals surface area contributed by atoms with Crippen molar-refractivity contribution >= 4 is 5.91 Å². The molecule has 104 valence electrons. The molecule has 19 heavy (non-hydrogen) atoms. The second kappa shape index (κ2) is 5.75. The molecule has 0 bridgehead atoms. The monoisotopic (exact) mass is 265 g/mol. The quantitative estimate of drug-likeness (QED) is 0.773. The zero-order chi connectivity index (χ0) is 13.1. The summed E-state index contributed by atoms with van der Waals surface area (Å²) in [5.74, 6) is 1.41. The smallest absolute Gasteiger partial charge is 0.223 e. The Morgan fingerprint density at radius 3 is 2.84 bits per heavy atom. The Bertz CT molecular complexity index is 408. The molecule has 1 saturated heterocycles. The number of amides is 1. The van der Waals surface area contributed by atoms with Crippen molar-refractivity contribution in [3.63, 3.8) is 0 Å². The number of hydrogen-bond donors (Lipinski definition) is 2. The summed E-state index contributed by atoms with van der Waals surface area (Å²) < 4.78 is 10.9. The van der Waals surface area contributed by atoms with Crippen molar-refractivity contribution in [3.05, 3.63) is 24.2 Å². The van der Waals surface area contributed by atoms with Gasteiger partial charge in [-0.15, -0.1) is 0 Å². The highest BCUT2D eigenvalue weighted by Gasteiger charge is 2.33. The van der Waals surface area contributed by atoms with E-state index in [1.807, 2.05) is 12.1 Å². The molecular formula is C14H21N2O3+. The summed E-state index contributed by atoms with van der Waals surface area (Å²) in [6, 6.07) is 4.10. The van der Waals surface area contributed by atoms with E-state index in [1.54, 1.807) is 6.26 Å². The number of nitrogens with one attached hydrogen (secondary N) is 2. The van der Waals surface area contributed by atoms with Crippen LogP contribution in [0.25, 0.3) is 0 Å². The zero-order valence-electron chi connectivity index (χ0n) is 11.1. The number of carbonyl (C=O) groups excluding carboxylic acids is 1. The second-order valence-corrected chi connectivity index (χ2v) is 5.36. The van der Waals surface area contributed by atoms with Gasteiger partial charge in [-0.3, -0.25) is 4.79 Å². The number of ether oxygens (including phenoxy) is 1. The summed E-state index contributed by atoms with van der Waals surface area (Å²) in [7, 11) is 0. The molecule has 1 aromatic heterocycles. The molecular weight excluding hydrogens is 244 g/mol. The van der Waals surface area contributed by atoms with Crippen LogP contribution in [0, 0.1) is 5.92 Å². The van der Waals surface area contributed by atoms with E-state index in [0.29, 0.717) is 6.54 Å². The Balaban J connectivity index is 1.63. The molecule has 1 saturated carbocycles. The van der Waals surface area contributed by atoms with E-state index in [0.717, 1.165) is 44.9 Å². The highest BCUT2D eigenvalue weighted by molar-refractivity contribution is 5.80. The number of furan rings is 1. The van der Waals surface area contributed by atoms with Crippen LogP contribution in [0.5, 0.6) is 0 Å². The van der Waals surface area contributed by atoms with Crippen LogP contribution in [-0.2, 0) is 9.53 Å². The van der Waals surface area contributed by atoms with Crippen molar-refractivity contribution < 1.29 is 18.8 Å². The predicted molar refractivity (Wildman–Crippen MR) is 68.7 cm³/mol. The minimum atomic E-state index is 0.196. The summed E-state index contributed by atoms with van der Waals surface area (Å²) in [5.41, 5.74) is 0. The van der Waals surface area contributed by atoms with Crippen molar-refractivity contribution in [2.45, 2.75) is 18.9 Å². The lowest BCUT2D eigenvalue weighted by molar-refractivity contribution is -0.938. The van der Waals surface area contributed by atoms with E-state index < -0.39 is 0 Å². The largest absolute Gasteiger partial charge is 0.463 e. The van der Waals surface area contributed by atoms with Crippen molar-refractivity contribution in [2.75, 3.05) is 32.8 Å². The van der Waals surface area contributed by atoms with Gasteiger partial charge in [-0.05, 0) is 25.0 Å². The van der Waals surface area contributed by atoms with Gasteiger partial charge in [-0.1, -0.05) is 0 Å². The Morgan fingerprint density at radius 1 is 1.42 bits per heavy atom. The molecule has 2 heterocycles. The van der Waals surface area contributed by atoms with Crippen LogP contribution >= 0.6 is 0 Å². The van der Waals surface area contributed by atoms with Crippen molar-refractivity contribution in [3.8, 4) is 0 Å². The third-order valence-corrected chi connectivity index (χ3v) is 3.94.